The van der Waals surface area contributed by atoms with E-state index >= 15 is 0 Å². The molecular formula is C16H16INO2. The zero-order valence-electron chi connectivity index (χ0n) is 11.7. The number of hydrogen-bond donors (Lipinski definition) is 0. The number of carbonyl (C=O) groups is 1. The fourth-order valence-corrected chi connectivity index (χ4v) is 2.96. The number of nitriles is 1. The number of allylic oxidation sites excluding steroid dienone is 7. The van der Waals surface area contributed by atoms with Crippen LogP contribution in [0.1, 0.15) is 27.2 Å². The number of rotatable bonds is 2. The first kappa shape index (κ1) is 15.0. The van der Waals surface area contributed by atoms with Crippen LogP contribution in [0.5, 0.6) is 0 Å². The van der Waals surface area contributed by atoms with E-state index in [1.165, 1.54) is 0 Å². The number of nitrogens with zero attached hydrogens (tertiary/aromatic N) is 1. The fourth-order valence-electron chi connectivity index (χ4n) is 2.47. The van der Waals surface area contributed by atoms with Crippen LogP contribution in [0.15, 0.2) is 47.0 Å². The summed E-state index contributed by atoms with van der Waals surface area (Å²) in [5, 5.41) is 8.80. The molecule has 104 valence electrons. The van der Waals surface area contributed by atoms with Crippen molar-refractivity contribution in [2.75, 3.05) is 0 Å². The maximum absolute atomic E-state index is 12.3. The Kier molecular flexibility index (Phi) is 4.19. The van der Waals surface area contributed by atoms with Gasteiger partial charge >= 0.3 is 0 Å². The van der Waals surface area contributed by atoms with Gasteiger partial charge in [0.1, 0.15) is 5.76 Å². The third-order valence-electron chi connectivity index (χ3n) is 3.29. The highest BCUT2D eigenvalue weighted by atomic mass is 127. The van der Waals surface area contributed by atoms with Crippen molar-refractivity contribution in [2.24, 2.45) is 5.92 Å². The molecule has 0 saturated carbocycles. The van der Waals surface area contributed by atoms with Crippen LogP contribution in [-0.2, 0) is 9.53 Å². The van der Waals surface area contributed by atoms with E-state index in [1.807, 2.05) is 51.1 Å². The SMILES string of the molecule is CC1=CC(C)C2=C(C=CC(C)(I)C=C2C(=O)CC#N)O1. The van der Waals surface area contributed by atoms with Crippen molar-refractivity contribution in [3.05, 3.63) is 47.0 Å². The molecule has 4 heteroatoms. The van der Waals surface area contributed by atoms with Crippen LogP contribution in [0, 0.1) is 17.2 Å². The highest BCUT2D eigenvalue weighted by molar-refractivity contribution is 14.1. The predicted octanol–water partition coefficient (Wildman–Crippen LogP) is 3.98. The molecule has 0 aromatic heterocycles. The molecule has 20 heavy (non-hydrogen) atoms. The highest BCUT2D eigenvalue weighted by Crippen LogP contribution is 2.38. The van der Waals surface area contributed by atoms with Gasteiger partial charge in [0.25, 0.3) is 0 Å². The van der Waals surface area contributed by atoms with E-state index in [0.29, 0.717) is 5.57 Å². The normalized spacial score (nSPS) is 28.6. The van der Waals surface area contributed by atoms with Gasteiger partial charge in [0.05, 0.1) is 21.7 Å². The topological polar surface area (TPSA) is 50.1 Å². The van der Waals surface area contributed by atoms with Gasteiger partial charge in [0.15, 0.2) is 5.78 Å². The summed E-state index contributed by atoms with van der Waals surface area (Å²) in [5.41, 5.74) is 1.49. The Bertz CT molecular complexity index is 615. The second kappa shape index (κ2) is 5.57. The second-order valence-corrected chi connectivity index (χ2v) is 7.57. The van der Waals surface area contributed by atoms with Crippen LogP contribution >= 0.6 is 22.6 Å². The summed E-state index contributed by atoms with van der Waals surface area (Å²) >= 11 is 2.28. The van der Waals surface area contributed by atoms with Gasteiger partial charge in [-0.05, 0) is 26.0 Å². The summed E-state index contributed by atoms with van der Waals surface area (Å²) in [7, 11) is 0. The minimum absolute atomic E-state index is 0.0996. The maximum Gasteiger partial charge on any atom is 0.177 e. The number of ether oxygens (including phenoxy) is 1. The van der Waals surface area contributed by atoms with Crippen molar-refractivity contribution >= 4 is 28.4 Å². The van der Waals surface area contributed by atoms with E-state index in [1.54, 1.807) is 0 Å². The van der Waals surface area contributed by atoms with Gasteiger partial charge in [-0.1, -0.05) is 41.7 Å². The van der Waals surface area contributed by atoms with Crippen molar-refractivity contribution < 1.29 is 9.53 Å². The standard InChI is InChI=1S/C16H16INO2/c1-10-8-11(2)20-14-4-6-16(3,17)9-12(15(10)14)13(19)5-7-18/h4,6,8-10H,5H2,1-3H3. The van der Waals surface area contributed by atoms with Crippen LogP contribution < -0.4 is 0 Å². The van der Waals surface area contributed by atoms with Crippen LogP contribution in [-0.4, -0.2) is 9.20 Å². The monoisotopic (exact) mass is 381 g/mol. The Morgan fingerprint density at radius 1 is 1.60 bits per heavy atom. The Morgan fingerprint density at radius 2 is 2.30 bits per heavy atom. The lowest BCUT2D eigenvalue weighted by Crippen LogP contribution is -2.17. The molecule has 0 N–H and O–H groups in total. The lowest BCUT2D eigenvalue weighted by molar-refractivity contribution is -0.114. The first-order valence-corrected chi connectivity index (χ1v) is 7.54. The molecule has 1 aliphatic heterocycles. The lowest BCUT2D eigenvalue weighted by Gasteiger charge is -2.24. The fraction of sp³-hybridized carbons (Fsp3) is 0.375. The van der Waals surface area contributed by atoms with E-state index < -0.39 is 0 Å². The molecular weight excluding hydrogens is 365 g/mol. The Labute approximate surface area is 132 Å². The molecule has 0 bridgehead atoms. The summed E-state index contributed by atoms with van der Waals surface area (Å²) in [6.45, 7) is 5.97. The van der Waals surface area contributed by atoms with E-state index in [9.17, 15) is 4.79 Å². The van der Waals surface area contributed by atoms with Gasteiger partial charge in [-0.15, -0.1) is 0 Å². The molecule has 3 nitrogen and oxygen atoms in total. The van der Waals surface area contributed by atoms with Crippen LogP contribution in [0.3, 0.4) is 0 Å². The molecule has 1 heterocycles. The molecule has 0 amide bonds. The third kappa shape index (κ3) is 3.04. The molecule has 0 aromatic rings. The van der Waals surface area contributed by atoms with Gasteiger partial charge in [0, 0.05) is 17.1 Å². The average Bonchev–Trinajstić information content (AvgIpc) is 2.47. The maximum atomic E-state index is 12.3. The number of ketones is 1. The van der Waals surface area contributed by atoms with Gasteiger partial charge in [-0.3, -0.25) is 4.79 Å². The Balaban J connectivity index is 2.56. The first-order chi connectivity index (χ1) is 9.34. The van der Waals surface area contributed by atoms with Gasteiger partial charge in [-0.2, -0.15) is 5.26 Å². The van der Waals surface area contributed by atoms with Crippen molar-refractivity contribution in [1.82, 2.24) is 0 Å². The van der Waals surface area contributed by atoms with Crippen LogP contribution in [0.2, 0.25) is 0 Å². The van der Waals surface area contributed by atoms with E-state index in [-0.39, 0.29) is 21.5 Å². The Morgan fingerprint density at radius 3 is 2.95 bits per heavy atom. The quantitative estimate of drug-likeness (QED) is 0.537. The summed E-state index contributed by atoms with van der Waals surface area (Å²) < 4.78 is 5.50. The van der Waals surface area contributed by atoms with Crippen molar-refractivity contribution in [3.63, 3.8) is 0 Å². The molecule has 2 rings (SSSR count). The second-order valence-electron chi connectivity index (χ2n) is 5.25. The number of alkyl halides is 1. The molecule has 0 radical (unpaired) electrons. The van der Waals surface area contributed by atoms with Gasteiger partial charge in [0.2, 0.25) is 0 Å². The number of halogens is 1. The summed E-state index contributed by atoms with van der Waals surface area (Å²) in [4.78, 5) is 12.3. The minimum Gasteiger partial charge on any atom is -0.462 e. The summed E-state index contributed by atoms with van der Waals surface area (Å²) in [6, 6.07) is 1.94. The minimum atomic E-state index is -0.271. The first-order valence-electron chi connectivity index (χ1n) is 6.46. The van der Waals surface area contributed by atoms with Gasteiger partial charge in [-0.25, -0.2) is 0 Å². The third-order valence-corrected chi connectivity index (χ3v) is 3.96. The zero-order valence-corrected chi connectivity index (χ0v) is 13.9. The van der Waals surface area contributed by atoms with Crippen molar-refractivity contribution in [2.45, 2.75) is 30.6 Å². The molecule has 2 aliphatic rings. The summed E-state index contributed by atoms with van der Waals surface area (Å²) in [5.74, 6) is 1.51. The summed E-state index contributed by atoms with van der Waals surface area (Å²) in [6.07, 6.45) is 7.76. The van der Waals surface area contributed by atoms with Crippen LogP contribution in [0.4, 0.5) is 0 Å². The number of hydrogen-bond acceptors (Lipinski definition) is 3. The van der Waals surface area contributed by atoms with E-state index in [4.69, 9.17) is 10.00 Å². The molecule has 0 fully saturated rings. The predicted molar refractivity (Wildman–Crippen MR) is 85.9 cm³/mol. The van der Waals surface area contributed by atoms with Gasteiger partial charge < -0.3 is 4.74 Å². The molecule has 0 saturated heterocycles. The number of Topliss-reactive ketones (excluding diaryl/α,β-unsaturated/α-hetero) is 1. The molecule has 1 aliphatic carbocycles. The highest BCUT2D eigenvalue weighted by Gasteiger charge is 2.30. The molecule has 2 atom stereocenters. The molecule has 0 aromatic carbocycles. The smallest absolute Gasteiger partial charge is 0.177 e. The lowest BCUT2D eigenvalue weighted by atomic mass is 9.87. The van der Waals surface area contributed by atoms with E-state index in [0.717, 1.165) is 17.1 Å². The van der Waals surface area contributed by atoms with Crippen LogP contribution in [0.25, 0.3) is 0 Å². The molecule has 2 unspecified atom stereocenters. The average molecular weight is 381 g/mol. The zero-order chi connectivity index (χ0) is 14.9. The van der Waals surface area contributed by atoms with Crippen molar-refractivity contribution in [3.8, 4) is 6.07 Å². The molecule has 0 spiro atoms. The van der Waals surface area contributed by atoms with Crippen molar-refractivity contribution in [1.29, 1.82) is 5.26 Å². The largest absolute Gasteiger partial charge is 0.462 e. The van der Waals surface area contributed by atoms with E-state index in [2.05, 4.69) is 22.6 Å². The Hall–Kier alpha value is -1.35. The number of carbonyl (C=O) groups excluding carboxylic acids is 1.